The minimum atomic E-state index is -0.909. The van der Waals surface area contributed by atoms with E-state index in [4.69, 9.17) is 17.1 Å². The highest BCUT2D eigenvalue weighted by Gasteiger charge is 2.29. The third-order valence-corrected chi connectivity index (χ3v) is 3.24. The van der Waals surface area contributed by atoms with Crippen LogP contribution in [0.1, 0.15) is 15.9 Å². The van der Waals surface area contributed by atoms with Crippen LogP contribution in [0.3, 0.4) is 0 Å². The van der Waals surface area contributed by atoms with E-state index >= 15 is 0 Å². The van der Waals surface area contributed by atoms with Gasteiger partial charge in [-0.2, -0.15) is 4.79 Å². The van der Waals surface area contributed by atoms with Crippen molar-refractivity contribution in [1.82, 2.24) is 0 Å². The monoisotopic (exact) mass is 326 g/mol. The van der Waals surface area contributed by atoms with E-state index in [-0.39, 0.29) is 11.3 Å². The van der Waals surface area contributed by atoms with Gasteiger partial charge in [-0.1, -0.05) is 41.9 Å². The summed E-state index contributed by atoms with van der Waals surface area (Å²) in [5.74, 6) is -2.01. The lowest BCUT2D eigenvalue weighted by Crippen LogP contribution is -2.24. The average Bonchev–Trinajstić information content (AvgIpc) is 2.56. The van der Waals surface area contributed by atoms with Gasteiger partial charge in [-0.05, 0) is 24.3 Å². The lowest BCUT2D eigenvalue weighted by atomic mass is 10.0. The summed E-state index contributed by atoms with van der Waals surface area (Å²) >= 11 is 5.73. The molecule has 0 heterocycles. The van der Waals surface area contributed by atoms with Crippen molar-refractivity contribution < 1.29 is 19.5 Å². The number of aliphatic hydroxyl groups excluding tert-OH is 1. The molecular formula is C17H11ClN2O3. The van der Waals surface area contributed by atoms with Crippen LogP contribution in [-0.2, 0) is 4.79 Å². The minimum Gasteiger partial charge on any atom is -0.507 e. The average molecular weight is 327 g/mol. The van der Waals surface area contributed by atoms with Gasteiger partial charge in [-0.25, -0.2) is 0 Å². The van der Waals surface area contributed by atoms with Gasteiger partial charge in [0.25, 0.3) is 11.6 Å². The molecule has 0 radical (unpaired) electrons. The van der Waals surface area contributed by atoms with Crippen molar-refractivity contribution in [2.75, 3.05) is 0 Å². The summed E-state index contributed by atoms with van der Waals surface area (Å²) < 4.78 is 0. The van der Waals surface area contributed by atoms with E-state index in [1.807, 2.05) is 0 Å². The van der Waals surface area contributed by atoms with Crippen LogP contribution < -0.4 is 0 Å². The fourth-order valence-electron chi connectivity index (χ4n) is 1.83. The van der Waals surface area contributed by atoms with Crippen LogP contribution in [-0.4, -0.2) is 27.2 Å². The third kappa shape index (κ3) is 4.01. The zero-order valence-electron chi connectivity index (χ0n) is 11.8. The van der Waals surface area contributed by atoms with E-state index in [1.54, 1.807) is 30.3 Å². The standard InChI is InChI=1S/C17H11ClN2O3/c18-13-8-6-12(7-9-13)17(23)16(20-19)15(22)10-14(21)11-4-2-1-3-5-11/h1-10,21H/b14-10-. The lowest BCUT2D eigenvalue weighted by molar-refractivity contribution is -0.112. The van der Waals surface area contributed by atoms with E-state index in [9.17, 15) is 14.7 Å². The number of rotatable bonds is 5. The predicted molar refractivity (Wildman–Crippen MR) is 86.5 cm³/mol. The maximum atomic E-state index is 12.2. The molecule has 23 heavy (non-hydrogen) atoms. The molecule has 0 fully saturated rings. The smallest absolute Gasteiger partial charge is 0.409 e. The summed E-state index contributed by atoms with van der Waals surface area (Å²) in [6, 6.07) is 14.1. The molecular weight excluding hydrogens is 316 g/mol. The Hall–Kier alpha value is -3.01. The van der Waals surface area contributed by atoms with Gasteiger partial charge in [-0.3, -0.25) is 9.59 Å². The van der Waals surface area contributed by atoms with Crippen molar-refractivity contribution in [3.8, 4) is 0 Å². The Morgan fingerprint density at radius 2 is 1.61 bits per heavy atom. The fraction of sp³-hybridized carbons (Fsp3) is 0. The predicted octanol–water partition coefficient (Wildman–Crippen LogP) is 3.36. The van der Waals surface area contributed by atoms with Crippen molar-refractivity contribution in [1.29, 1.82) is 0 Å². The molecule has 0 saturated carbocycles. The van der Waals surface area contributed by atoms with Gasteiger partial charge >= 0.3 is 5.71 Å². The summed E-state index contributed by atoms with van der Waals surface area (Å²) in [6.07, 6.45) is 0.832. The van der Waals surface area contributed by atoms with Crippen molar-refractivity contribution in [3.05, 3.63) is 82.4 Å². The van der Waals surface area contributed by atoms with E-state index in [0.29, 0.717) is 10.6 Å². The number of aliphatic hydroxyl groups is 1. The van der Waals surface area contributed by atoms with Gasteiger partial charge in [0.15, 0.2) is 0 Å². The topological polar surface area (TPSA) is 90.8 Å². The number of halogens is 1. The van der Waals surface area contributed by atoms with Crippen LogP contribution in [0.4, 0.5) is 0 Å². The molecule has 0 aliphatic heterocycles. The first-order chi connectivity index (χ1) is 11.0. The summed E-state index contributed by atoms with van der Waals surface area (Å²) in [7, 11) is 0. The third-order valence-electron chi connectivity index (χ3n) is 2.99. The molecule has 0 unspecified atom stereocenters. The first-order valence-corrected chi connectivity index (χ1v) is 6.93. The van der Waals surface area contributed by atoms with Crippen LogP contribution in [0.2, 0.25) is 5.02 Å². The normalized spacial score (nSPS) is 10.7. The van der Waals surface area contributed by atoms with E-state index in [2.05, 4.69) is 4.79 Å². The second kappa shape index (κ2) is 7.31. The zero-order chi connectivity index (χ0) is 16.8. The van der Waals surface area contributed by atoms with Gasteiger partial charge in [0.1, 0.15) is 5.76 Å². The number of carbonyl (C=O) groups excluding carboxylic acids is 2. The number of ketones is 2. The number of carbonyl (C=O) groups is 2. The summed E-state index contributed by atoms with van der Waals surface area (Å²) in [5, 5.41) is 10.3. The number of allylic oxidation sites excluding steroid dienone is 1. The molecule has 114 valence electrons. The first kappa shape index (κ1) is 16.4. The lowest BCUT2D eigenvalue weighted by Gasteiger charge is -1.99. The number of nitrogens with zero attached hydrogens (tertiary/aromatic N) is 2. The Kier molecular flexibility index (Phi) is 5.20. The quantitative estimate of drug-likeness (QED) is 0.174. The number of hydrogen-bond donors (Lipinski definition) is 1. The Balaban J connectivity index is 2.27. The molecule has 0 atom stereocenters. The Labute approximate surface area is 137 Å². The molecule has 2 aromatic rings. The van der Waals surface area contributed by atoms with Crippen molar-refractivity contribution in [2.45, 2.75) is 0 Å². The summed E-state index contributed by atoms with van der Waals surface area (Å²) in [6.45, 7) is 0. The molecule has 0 aliphatic carbocycles. The van der Waals surface area contributed by atoms with Gasteiger partial charge in [0, 0.05) is 22.2 Å². The SMILES string of the molecule is [N-]=[N+]=C(C(=O)/C=C(\O)c1ccccc1)C(=O)c1ccc(Cl)cc1. The number of hydrogen-bond acceptors (Lipinski definition) is 3. The highest BCUT2D eigenvalue weighted by Crippen LogP contribution is 2.12. The maximum Gasteiger partial charge on any atom is 0.409 e. The molecule has 0 saturated heterocycles. The molecule has 0 aliphatic rings. The zero-order valence-corrected chi connectivity index (χ0v) is 12.6. The van der Waals surface area contributed by atoms with Crippen LogP contribution in [0.5, 0.6) is 0 Å². The van der Waals surface area contributed by atoms with Crippen molar-refractivity contribution >= 4 is 34.6 Å². The fourth-order valence-corrected chi connectivity index (χ4v) is 1.96. The number of Topliss-reactive ketones (excluding diaryl/α,β-unsaturated/α-hetero) is 1. The molecule has 0 aromatic heterocycles. The van der Waals surface area contributed by atoms with Crippen LogP contribution in [0, 0.1) is 0 Å². The summed E-state index contributed by atoms with van der Waals surface area (Å²) in [4.78, 5) is 27.0. The summed E-state index contributed by atoms with van der Waals surface area (Å²) in [5.41, 5.74) is 8.82. The first-order valence-electron chi connectivity index (χ1n) is 6.55. The second-order valence-electron chi connectivity index (χ2n) is 4.54. The van der Waals surface area contributed by atoms with E-state index in [0.717, 1.165) is 6.08 Å². The number of benzene rings is 2. The van der Waals surface area contributed by atoms with Gasteiger partial charge in [-0.15, -0.1) is 0 Å². The maximum absolute atomic E-state index is 12.2. The molecule has 5 nitrogen and oxygen atoms in total. The van der Waals surface area contributed by atoms with E-state index in [1.165, 1.54) is 24.3 Å². The highest BCUT2D eigenvalue weighted by atomic mass is 35.5. The van der Waals surface area contributed by atoms with Gasteiger partial charge in [0.05, 0.1) is 0 Å². The Bertz CT molecular complexity index is 821. The molecule has 2 aromatic carbocycles. The second-order valence-corrected chi connectivity index (χ2v) is 4.98. The highest BCUT2D eigenvalue weighted by molar-refractivity contribution is 6.69. The Morgan fingerprint density at radius 1 is 1.00 bits per heavy atom. The van der Waals surface area contributed by atoms with Crippen LogP contribution in [0.25, 0.3) is 11.3 Å². The minimum absolute atomic E-state index is 0.142. The molecule has 0 spiro atoms. The molecule has 0 bridgehead atoms. The molecule has 1 N–H and O–H groups in total. The molecule has 6 heteroatoms. The van der Waals surface area contributed by atoms with E-state index < -0.39 is 17.3 Å². The van der Waals surface area contributed by atoms with Crippen molar-refractivity contribution in [3.63, 3.8) is 0 Å². The Morgan fingerprint density at radius 3 is 2.17 bits per heavy atom. The van der Waals surface area contributed by atoms with Gasteiger partial charge in [0.2, 0.25) is 0 Å². The van der Waals surface area contributed by atoms with Crippen LogP contribution in [0.15, 0.2) is 60.7 Å². The van der Waals surface area contributed by atoms with Crippen molar-refractivity contribution in [2.24, 2.45) is 0 Å². The van der Waals surface area contributed by atoms with Crippen LogP contribution >= 0.6 is 11.6 Å². The molecule has 2 rings (SSSR count). The van der Waals surface area contributed by atoms with Gasteiger partial charge < -0.3 is 10.6 Å². The largest absolute Gasteiger partial charge is 0.507 e. The molecule has 0 amide bonds.